The first-order valence-corrected chi connectivity index (χ1v) is 8.30. The van der Waals surface area contributed by atoms with Gasteiger partial charge >= 0.3 is 5.97 Å². The number of thioether (sulfide) groups is 1. The number of nitrogens with two attached hydrogens (primary N) is 1. The van der Waals surface area contributed by atoms with Crippen LogP contribution in [0.1, 0.15) is 27.9 Å². The number of hydrogen-bond donors (Lipinski definition) is 2. The smallest absolute Gasteiger partial charge is 0.335 e. The van der Waals surface area contributed by atoms with E-state index in [4.69, 9.17) is 10.8 Å². The molecular formula is C15H20N2O3S. The molecule has 0 aliphatic carbocycles. The summed E-state index contributed by atoms with van der Waals surface area (Å²) in [7, 11) is 0. The van der Waals surface area contributed by atoms with E-state index in [9.17, 15) is 9.59 Å². The van der Waals surface area contributed by atoms with Gasteiger partial charge in [-0.05, 0) is 48.1 Å². The van der Waals surface area contributed by atoms with Crippen molar-refractivity contribution in [3.8, 4) is 0 Å². The fourth-order valence-corrected chi connectivity index (χ4v) is 2.97. The minimum absolute atomic E-state index is 0.0459. The molecule has 0 spiro atoms. The molecule has 0 bridgehead atoms. The van der Waals surface area contributed by atoms with Gasteiger partial charge in [-0.1, -0.05) is 6.07 Å². The quantitative estimate of drug-likeness (QED) is 0.858. The zero-order valence-electron chi connectivity index (χ0n) is 12.0. The molecule has 5 nitrogen and oxygen atoms in total. The third-order valence-corrected chi connectivity index (χ3v) is 4.37. The first-order chi connectivity index (χ1) is 10.0. The van der Waals surface area contributed by atoms with Gasteiger partial charge in [0.25, 0.3) is 0 Å². The van der Waals surface area contributed by atoms with Crippen LogP contribution in [0, 0.1) is 0 Å². The second kappa shape index (κ2) is 6.95. The molecule has 1 atom stereocenters. The van der Waals surface area contributed by atoms with Crippen molar-refractivity contribution in [1.82, 2.24) is 4.90 Å². The van der Waals surface area contributed by atoms with E-state index in [0.717, 1.165) is 23.3 Å². The number of fused-ring (bicyclic) bond motifs is 1. The van der Waals surface area contributed by atoms with Crippen LogP contribution in [0.2, 0.25) is 0 Å². The van der Waals surface area contributed by atoms with E-state index in [1.54, 1.807) is 28.8 Å². The van der Waals surface area contributed by atoms with Crippen LogP contribution < -0.4 is 5.73 Å². The molecule has 1 heterocycles. The van der Waals surface area contributed by atoms with E-state index >= 15 is 0 Å². The molecule has 0 aromatic heterocycles. The lowest BCUT2D eigenvalue weighted by Gasteiger charge is -2.31. The number of carboxylic acids is 1. The van der Waals surface area contributed by atoms with Gasteiger partial charge in [0.05, 0.1) is 11.6 Å². The number of carbonyl (C=O) groups excluding carboxylic acids is 1. The lowest BCUT2D eigenvalue weighted by molar-refractivity contribution is -0.133. The van der Waals surface area contributed by atoms with Crippen molar-refractivity contribution in [1.29, 1.82) is 0 Å². The summed E-state index contributed by atoms with van der Waals surface area (Å²) < 4.78 is 0. The van der Waals surface area contributed by atoms with Crippen molar-refractivity contribution in [2.75, 3.05) is 18.6 Å². The van der Waals surface area contributed by atoms with Crippen LogP contribution in [0.25, 0.3) is 0 Å². The van der Waals surface area contributed by atoms with Crippen molar-refractivity contribution in [2.45, 2.75) is 25.4 Å². The fraction of sp³-hybridized carbons (Fsp3) is 0.467. The maximum Gasteiger partial charge on any atom is 0.335 e. The van der Waals surface area contributed by atoms with Gasteiger partial charge in [0, 0.05) is 13.1 Å². The number of benzene rings is 1. The average molecular weight is 308 g/mol. The van der Waals surface area contributed by atoms with Crippen LogP contribution in [0.4, 0.5) is 0 Å². The molecule has 0 saturated heterocycles. The Kier molecular flexibility index (Phi) is 5.25. The van der Waals surface area contributed by atoms with Gasteiger partial charge in [0.15, 0.2) is 0 Å². The lowest BCUT2D eigenvalue weighted by Crippen LogP contribution is -2.46. The van der Waals surface area contributed by atoms with Crippen molar-refractivity contribution in [3.63, 3.8) is 0 Å². The number of carboxylic acid groups (broad SMARTS) is 1. The summed E-state index contributed by atoms with van der Waals surface area (Å²) in [5.74, 6) is -0.131. The SMILES string of the molecule is CSCC[C@H](N)C(=O)N1CCc2ccc(C(=O)O)cc2C1. The molecule has 21 heavy (non-hydrogen) atoms. The maximum absolute atomic E-state index is 12.3. The van der Waals surface area contributed by atoms with E-state index in [2.05, 4.69) is 0 Å². The zero-order valence-corrected chi connectivity index (χ0v) is 12.9. The fourth-order valence-electron chi connectivity index (χ4n) is 2.48. The summed E-state index contributed by atoms with van der Waals surface area (Å²) >= 11 is 1.67. The highest BCUT2D eigenvalue weighted by atomic mass is 32.2. The predicted octanol–water partition coefficient (Wildman–Crippen LogP) is 1.35. The van der Waals surface area contributed by atoms with Crippen LogP contribution in [-0.2, 0) is 17.8 Å². The monoisotopic (exact) mass is 308 g/mol. The summed E-state index contributed by atoms with van der Waals surface area (Å²) in [6.07, 6.45) is 3.40. The van der Waals surface area contributed by atoms with Gasteiger partial charge in [-0.15, -0.1) is 0 Å². The van der Waals surface area contributed by atoms with Crippen LogP contribution in [0.15, 0.2) is 18.2 Å². The van der Waals surface area contributed by atoms with Crippen molar-refractivity contribution >= 4 is 23.6 Å². The Morgan fingerprint density at radius 3 is 2.86 bits per heavy atom. The van der Waals surface area contributed by atoms with Gasteiger partial charge < -0.3 is 15.7 Å². The molecule has 6 heteroatoms. The molecule has 0 saturated carbocycles. The Morgan fingerprint density at radius 1 is 1.43 bits per heavy atom. The molecule has 1 aromatic carbocycles. The third kappa shape index (κ3) is 3.77. The van der Waals surface area contributed by atoms with E-state index in [0.29, 0.717) is 19.5 Å². The molecule has 0 unspecified atom stereocenters. The minimum atomic E-state index is -0.946. The standard InChI is InChI=1S/C15H20N2O3S/c1-21-7-5-13(16)14(18)17-6-4-10-2-3-11(15(19)20)8-12(10)9-17/h2-3,8,13H,4-7,9,16H2,1H3,(H,19,20)/t13-/m0/s1. The number of aromatic carboxylic acids is 1. The second-order valence-corrected chi connectivity index (χ2v) is 6.17. The van der Waals surface area contributed by atoms with E-state index < -0.39 is 12.0 Å². The number of rotatable bonds is 5. The molecule has 1 amide bonds. The van der Waals surface area contributed by atoms with Crippen LogP contribution >= 0.6 is 11.8 Å². The van der Waals surface area contributed by atoms with Gasteiger partial charge in [0.2, 0.25) is 5.91 Å². The number of carbonyl (C=O) groups is 2. The van der Waals surface area contributed by atoms with Gasteiger partial charge in [-0.25, -0.2) is 4.79 Å². The maximum atomic E-state index is 12.3. The second-order valence-electron chi connectivity index (χ2n) is 5.19. The molecule has 0 fully saturated rings. The van der Waals surface area contributed by atoms with Crippen molar-refractivity contribution in [3.05, 3.63) is 34.9 Å². The topological polar surface area (TPSA) is 83.6 Å². The Morgan fingerprint density at radius 2 is 2.19 bits per heavy atom. The first kappa shape index (κ1) is 15.9. The zero-order chi connectivity index (χ0) is 15.4. The Hall–Kier alpha value is -1.53. The Balaban J connectivity index is 2.09. The highest BCUT2D eigenvalue weighted by molar-refractivity contribution is 7.98. The Labute approximate surface area is 128 Å². The lowest BCUT2D eigenvalue weighted by atomic mass is 9.97. The molecule has 3 N–H and O–H groups in total. The number of nitrogens with zero attached hydrogens (tertiary/aromatic N) is 1. The molecule has 2 rings (SSSR count). The third-order valence-electron chi connectivity index (χ3n) is 3.73. The summed E-state index contributed by atoms with van der Waals surface area (Å²) in [6.45, 7) is 1.09. The summed E-state index contributed by atoms with van der Waals surface area (Å²) in [4.78, 5) is 25.1. The molecule has 0 radical (unpaired) electrons. The van der Waals surface area contributed by atoms with Crippen LogP contribution in [-0.4, -0.2) is 46.5 Å². The van der Waals surface area contributed by atoms with Crippen molar-refractivity contribution < 1.29 is 14.7 Å². The summed E-state index contributed by atoms with van der Waals surface area (Å²) in [5.41, 5.74) is 8.21. The number of hydrogen-bond acceptors (Lipinski definition) is 4. The van der Waals surface area contributed by atoms with Crippen LogP contribution in [0.5, 0.6) is 0 Å². The van der Waals surface area contributed by atoms with E-state index in [-0.39, 0.29) is 11.5 Å². The van der Waals surface area contributed by atoms with Crippen LogP contribution in [0.3, 0.4) is 0 Å². The summed E-state index contributed by atoms with van der Waals surface area (Å²) in [6, 6.07) is 4.64. The number of amides is 1. The normalized spacial score (nSPS) is 15.4. The molecular weight excluding hydrogens is 288 g/mol. The van der Waals surface area contributed by atoms with E-state index in [1.165, 1.54) is 0 Å². The van der Waals surface area contributed by atoms with Crippen molar-refractivity contribution in [2.24, 2.45) is 5.73 Å². The first-order valence-electron chi connectivity index (χ1n) is 6.91. The highest BCUT2D eigenvalue weighted by Gasteiger charge is 2.25. The predicted molar refractivity (Wildman–Crippen MR) is 83.5 cm³/mol. The molecule has 114 valence electrons. The Bertz CT molecular complexity index is 548. The summed E-state index contributed by atoms with van der Waals surface area (Å²) in [5, 5.41) is 9.04. The highest BCUT2D eigenvalue weighted by Crippen LogP contribution is 2.21. The van der Waals surface area contributed by atoms with E-state index in [1.807, 2.05) is 12.3 Å². The van der Waals surface area contributed by atoms with Gasteiger partial charge in [-0.2, -0.15) is 11.8 Å². The molecule has 1 aliphatic rings. The molecule has 1 aromatic rings. The van der Waals surface area contributed by atoms with Gasteiger partial charge in [-0.3, -0.25) is 4.79 Å². The van der Waals surface area contributed by atoms with Gasteiger partial charge in [0.1, 0.15) is 0 Å². The minimum Gasteiger partial charge on any atom is -0.478 e. The average Bonchev–Trinajstić information content (AvgIpc) is 2.50. The largest absolute Gasteiger partial charge is 0.478 e. The molecule has 1 aliphatic heterocycles.